The van der Waals surface area contributed by atoms with Gasteiger partial charge in [0, 0.05) is 50.5 Å². The molecule has 2 heterocycles. The molecule has 3 unspecified atom stereocenters. The number of aryl methyl sites for hydroxylation is 1. The van der Waals surface area contributed by atoms with Crippen molar-refractivity contribution in [1.29, 1.82) is 0 Å². The fourth-order valence-corrected chi connectivity index (χ4v) is 3.19. The predicted molar refractivity (Wildman–Crippen MR) is 77.9 cm³/mol. The number of piperazine rings is 1. The Morgan fingerprint density at radius 3 is 2.68 bits per heavy atom. The summed E-state index contributed by atoms with van der Waals surface area (Å²) in [4.78, 5) is 5.04. The Morgan fingerprint density at radius 1 is 1.47 bits per heavy atom. The molecule has 0 aromatic carbocycles. The van der Waals surface area contributed by atoms with E-state index in [9.17, 15) is 0 Å². The fraction of sp³-hybridized carbons (Fsp3) is 0.786. The van der Waals surface area contributed by atoms with Crippen molar-refractivity contribution in [2.45, 2.75) is 38.9 Å². The monoisotopic (exact) mass is 265 g/mol. The first-order chi connectivity index (χ1) is 9.02. The Kier molecular flexibility index (Phi) is 4.60. The molecule has 3 atom stereocenters. The van der Waals surface area contributed by atoms with Gasteiger partial charge in [0.05, 0.1) is 12.2 Å². The van der Waals surface area contributed by atoms with Crippen LogP contribution in [0.5, 0.6) is 0 Å². The Balaban J connectivity index is 2.13. The number of hydrogen-bond acceptors (Lipinski definition) is 4. The van der Waals surface area contributed by atoms with Crippen molar-refractivity contribution in [3.8, 4) is 0 Å². The zero-order valence-electron chi connectivity index (χ0n) is 12.6. The van der Waals surface area contributed by atoms with E-state index >= 15 is 0 Å². The lowest BCUT2D eigenvalue weighted by atomic mass is 10.0. The van der Waals surface area contributed by atoms with Gasteiger partial charge in [-0.15, -0.1) is 0 Å². The second-order valence-corrected chi connectivity index (χ2v) is 5.72. The summed E-state index contributed by atoms with van der Waals surface area (Å²) in [5.74, 6) is 0. The van der Waals surface area contributed by atoms with Crippen molar-refractivity contribution in [2.24, 2.45) is 12.8 Å². The van der Waals surface area contributed by atoms with Gasteiger partial charge < -0.3 is 5.73 Å². The average Bonchev–Trinajstić information content (AvgIpc) is 2.75. The average molecular weight is 265 g/mol. The van der Waals surface area contributed by atoms with E-state index in [1.807, 2.05) is 17.9 Å². The van der Waals surface area contributed by atoms with Crippen LogP contribution in [0, 0.1) is 0 Å². The summed E-state index contributed by atoms with van der Waals surface area (Å²) in [5.41, 5.74) is 7.46. The van der Waals surface area contributed by atoms with Gasteiger partial charge in [0.15, 0.2) is 0 Å². The molecule has 1 fully saturated rings. The lowest BCUT2D eigenvalue weighted by Crippen LogP contribution is -2.54. The van der Waals surface area contributed by atoms with Gasteiger partial charge in [0.2, 0.25) is 0 Å². The second kappa shape index (κ2) is 6.03. The molecular weight excluding hydrogens is 238 g/mol. The fourth-order valence-electron chi connectivity index (χ4n) is 3.19. The number of nitrogens with zero attached hydrogens (tertiary/aromatic N) is 4. The van der Waals surface area contributed by atoms with Crippen molar-refractivity contribution in [3.05, 3.63) is 18.0 Å². The largest absolute Gasteiger partial charge is 0.326 e. The van der Waals surface area contributed by atoms with Gasteiger partial charge in [-0.2, -0.15) is 5.10 Å². The SMILES string of the molecule is CCN1CCN(C(c2cnn(C)c2)C(C)N)CC1C. The van der Waals surface area contributed by atoms with E-state index in [1.54, 1.807) is 0 Å². The first kappa shape index (κ1) is 14.5. The molecule has 0 saturated carbocycles. The summed E-state index contributed by atoms with van der Waals surface area (Å²) in [6, 6.07) is 0.983. The minimum absolute atomic E-state index is 0.115. The smallest absolute Gasteiger partial charge is 0.0538 e. The van der Waals surface area contributed by atoms with E-state index in [0.717, 1.165) is 26.2 Å². The Labute approximate surface area is 116 Å². The number of hydrogen-bond donors (Lipinski definition) is 1. The maximum Gasteiger partial charge on any atom is 0.0538 e. The van der Waals surface area contributed by atoms with E-state index in [1.165, 1.54) is 5.56 Å². The summed E-state index contributed by atoms with van der Waals surface area (Å²) >= 11 is 0. The molecule has 1 saturated heterocycles. The molecule has 2 rings (SSSR count). The van der Waals surface area contributed by atoms with Crippen molar-refractivity contribution >= 4 is 0 Å². The van der Waals surface area contributed by atoms with E-state index in [-0.39, 0.29) is 12.1 Å². The highest BCUT2D eigenvalue weighted by Gasteiger charge is 2.31. The lowest BCUT2D eigenvalue weighted by molar-refractivity contribution is 0.0516. The molecule has 1 aliphatic heterocycles. The third kappa shape index (κ3) is 3.16. The predicted octanol–water partition coefficient (Wildman–Crippen LogP) is 0.834. The Bertz CT molecular complexity index is 400. The van der Waals surface area contributed by atoms with E-state index in [0.29, 0.717) is 6.04 Å². The van der Waals surface area contributed by atoms with Crippen molar-refractivity contribution in [2.75, 3.05) is 26.2 Å². The van der Waals surface area contributed by atoms with Crippen LogP contribution in [0.15, 0.2) is 12.4 Å². The van der Waals surface area contributed by atoms with Gasteiger partial charge >= 0.3 is 0 Å². The van der Waals surface area contributed by atoms with Crippen LogP contribution < -0.4 is 5.73 Å². The van der Waals surface area contributed by atoms with Crippen LogP contribution in [0.2, 0.25) is 0 Å². The van der Waals surface area contributed by atoms with Gasteiger partial charge in [-0.1, -0.05) is 6.92 Å². The number of likely N-dealkylation sites (N-methyl/N-ethyl adjacent to an activating group) is 1. The Hall–Kier alpha value is -0.910. The minimum atomic E-state index is 0.115. The van der Waals surface area contributed by atoms with Crippen LogP contribution in [-0.4, -0.2) is 57.8 Å². The quantitative estimate of drug-likeness (QED) is 0.876. The molecule has 1 aliphatic rings. The lowest BCUT2D eigenvalue weighted by Gasteiger charge is -2.43. The summed E-state index contributed by atoms with van der Waals surface area (Å²) in [6.45, 7) is 11.0. The van der Waals surface area contributed by atoms with Gasteiger partial charge in [-0.3, -0.25) is 14.5 Å². The Morgan fingerprint density at radius 2 is 2.21 bits per heavy atom. The van der Waals surface area contributed by atoms with Crippen LogP contribution >= 0.6 is 0 Å². The molecule has 2 N–H and O–H groups in total. The highest BCUT2D eigenvalue weighted by atomic mass is 15.3. The highest BCUT2D eigenvalue weighted by molar-refractivity contribution is 5.13. The number of nitrogens with two attached hydrogens (primary N) is 1. The zero-order chi connectivity index (χ0) is 14.0. The van der Waals surface area contributed by atoms with E-state index < -0.39 is 0 Å². The maximum absolute atomic E-state index is 6.23. The molecule has 0 radical (unpaired) electrons. The van der Waals surface area contributed by atoms with Gasteiger partial charge in [0.1, 0.15) is 0 Å². The molecule has 19 heavy (non-hydrogen) atoms. The van der Waals surface area contributed by atoms with Gasteiger partial charge in [0.25, 0.3) is 0 Å². The molecule has 0 aliphatic carbocycles. The molecule has 1 aromatic heterocycles. The summed E-state index contributed by atoms with van der Waals surface area (Å²) in [5, 5.41) is 4.29. The molecule has 0 spiro atoms. The first-order valence-electron chi connectivity index (χ1n) is 7.25. The molecule has 5 heteroatoms. The molecular formula is C14H27N5. The van der Waals surface area contributed by atoms with Crippen molar-refractivity contribution in [3.63, 3.8) is 0 Å². The number of rotatable bonds is 4. The van der Waals surface area contributed by atoms with Crippen LogP contribution in [0.4, 0.5) is 0 Å². The standard InChI is InChI=1S/C14H27N5/c1-5-18-6-7-19(9-11(18)2)14(12(3)15)13-8-16-17(4)10-13/h8,10-12,14H,5-7,9,15H2,1-4H3. The molecule has 1 aromatic rings. The van der Waals surface area contributed by atoms with Crippen molar-refractivity contribution in [1.82, 2.24) is 19.6 Å². The second-order valence-electron chi connectivity index (χ2n) is 5.72. The van der Waals surface area contributed by atoms with Gasteiger partial charge in [-0.25, -0.2) is 0 Å². The molecule has 0 amide bonds. The molecule has 0 bridgehead atoms. The van der Waals surface area contributed by atoms with E-state index in [2.05, 4.69) is 41.9 Å². The van der Waals surface area contributed by atoms with Crippen LogP contribution in [0.25, 0.3) is 0 Å². The summed E-state index contributed by atoms with van der Waals surface area (Å²) in [6.07, 6.45) is 4.04. The highest BCUT2D eigenvalue weighted by Crippen LogP contribution is 2.25. The van der Waals surface area contributed by atoms with Crippen LogP contribution in [0.1, 0.15) is 32.4 Å². The zero-order valence-corrected chi connectivity index (χ0v) is 12.6. The third-order valence-electron chi connectivity index (χ3n) is 4.16. The summed E-state index contributed by atoms with van der Waals surface area (Å²) in [7, 11) is 1.96. The summed E-state index contributed by atoms with van der Waals surface area (Å²) < 4.78 is 1.86. The van der Waals surface area contributed by atoms with E-state index in [4.69, 9.17) is 5.73 Å². The minimum Gasteiger partial charge on any atom is -0.326 e. The normalized spacial score (nSPS) is 25.4. The van der Waals surface area contributed by atoms with Gasteiger partial charge in [-0.05, 0) is 20.4 Å². The van der Waals surface area contributed by atoms with Crippen molar-refractivity contribution < 1.29 is 0 Å². The van der Waals surface area contributed by atoms with Crippen LogP contribution in [-0.2, 0) is 7.05 Å². The molecule has 108 valence electrons. The first-order valence-corrected chi connectivity index (χ1v) is 7.25. The third-order valence-corrected chi connectivity index (χ3v) is 4.16. The van der Waals surface area contributed by atoms with Crippen LogP contribution in [0.3, 0.4) is 0 Å². The molecule has 5 nitrogen and oxygen atoms in total. The maximum atomic E-state index is 6.23. The number of aromatic nitrogens is 2. The topological polar surface area (TPSA) is 50.3 Å².